The van der Waals surface area contributed by atoms with Crippen molar-refractivity contribution >= 4 is 11.6 Å². The van der Waals surface area contributed by atoms with Gasteiger partial charge < -0.3 is 5.32 Å². The number of benzene rings is 1. The number of hydrogen-bond donors (Lipinski definition) is 2. The molecule has 1 atom stereocenters. The molecule has 2 rings (SSSR count). The van der Waals surface area contributed by atoms with E-state index >= 15 is 0 Å². The largest absolute Gasteiger partial charge is 0.351 e. The molecule has 7 nitrogen and oxygen atoms in total. The number of nitro benzene ring substituents is 1. The Morgan fingerprint density at radius 1 is 1.55 bits per heavy atom. The lowest BCUT2D eigenvalue weighted by Crippen LogP contribution is -2.27. The van der Waals surface area contributed by atoms with E-state index < -0.39 is 10.8 Å². The van der Waals surface area contributed by atoms with E-state index in [1.807, 2.05) is 0 Å². The van der Waals surface area contributed by atoms with Gasteiger partial charge in [-0.3, -0.25) is 20.0 Å². The van der Waals surface area contributed by atoms with Crippen molar-refractivity contribution in [3.63, 3.8) is 0 Å². The quantitative estimate of drug-likeness (QED) is 0.640. The van der Waals surface area contributed by atoms with Crippen LogP contribution in [0, 0.1) is 10.1 Å². The zero-order valence-corrected chi connectivity index (χ0v) is 10.9. The van der Waals surface area contributed by atoms with E-state index in [9.17, 15) is 14.9 Å². The minimum absolute atomic E-state index is 0.0167. The SMILES string of the molecule is CC(C(=O)NCc1cn[nH]c1)c1cccc([N+](=O)[O-])c1. The van der Waals surface area contributed by atoms with Gasteiger partial charge >= 0.3 is 0 Å². The summed E-state index contributed by atoms with van der Waals surface area (Å²) >= 11 is 0. The Balaban J connectivity index is 2.02. The van der Waals surface area contributed by atoms with Gasteiger partial charge in [0.05, 0.1) is 17.0 Å². The third-order valence-corrected chi connectivity index (χ3v) is 3.00. The van der Waals surface area contributed by atoms with Crippen molar-refractivity contribution in [2.24, 2.45) is 0 Å². The molecule has 0 bridgehead atoms. The monoisotopic (exact) mass is 274 g/mol. The van der Waals surface area contributed by atoms with Crippen LogP contribution in [0.3, 0.4) is 0 Å². The standard InChI is InChI=1S/C13H14N4O3/c1-9(11-3-2-4-12(5-11)17(19)20)13(18)14-6-10-7-15-16-8-10/h2-5,7-9H,6H2,1H3,(H,14,18)(H,15,16). The number of aromatic nitrogens is 2. The Labute approximate surface area is 115 Å². The first-order valence-corrected chi connectivity index (χ1v) is 6.07. The van der Waals surface area contributed by atoms with Crippen molar-refractivity contribution in [2.45, 2.75) is 19.4 Å². The summed E-state index contributed by atoms with van der Waals surface area (Å²) < 4.78 is 0. The summed E-state index contributed by atoms with van der Waals surface area (Å²) in [5.74, 6) is -0.645. The van der Waals surface area contributed by atoms with Crippen LogP contribution in [0.25, 0.3) is 0 Å². The maximum absolute atomic E-state index is 12.0. The van der Waals surface area contributed by atoms with Crippen LogP contribution in [0.4, 0.5) is 5.69 Å². The summed E-state index contributed by atoms with van der Waals surface area (Å²) in [4.78, 5) is 22.3. The molecular weight excluding hydrogens is 260 g/mol. The van der Waals surface area contributed by atoms with Crippen molar-refractivity contribution in [1.82, 2.24) is 15.5 Å². The third-order valence-electron chi connectivity index (χ3n) is 3.00. The fraction of sp³-hybridized carbons (Fsp3) is 0.231. The topological polar surface area (TPSA) is 101 Å². The number of carbonyl (C=O) groups is 1. The van der Waals surface area contributed by atoms with Crippen LogP contribution in [0.2, 0.25) is 0 Å². The molecule has 1 aromatic heterocycles. The molecule has 1 unspecified atom stereocenters. The van der Waals surface area contributed by atoms with Crippen molar-refractivity contribution in [1.29, 1.82) is 0 Å². The van der Waals surface area contributed by atoms with Crippen LogP contribution >= 0.6 is 0 Å². The molecule has 104 valence electrons. The first-order valence-electron chi connectivity index (χ1n) is 6.07. The van der Waals surface area contributed by atoms with Gasteiger partial charge in [-0.25, -0.2) is 0 Å². The average molecular weight is 274 g/mol. The number of non-ortho nitro benzene ring substituents is 1. The summed E-state index contributed by atoms with van der Waals surface area (Å²) in [5, 5.41) is 19.9. The highest BCUT2D eigenvalue weighted by atomic mass is 16.6. The summed E-state index contributed by atoms with van der Waals surface area (Å²) in [6.45, 7) is 2.08. The first-order chi connectivity index (χ1) is 9.58. The molecule has 2 N–H and O–H groups in total. The maximum Gasteiger partial charge on any atom is 0.269 e. The maximum atomic E-state index is 12.0. The Bertz CT molecular complexity index is 610. The fourth-order valence-corrected chi connectivity index (χ4v) is 1.78. The number of H-pyrrole nitrogens is 1. The lowest BCUT2D eigenvalue weighted by atomic mass is 10.00. The highest BCUT2D eigenvalue weighted by Gasteiger charge is 2.17. The molecule has 0 aliphatic heterocycles. The van der Waals surface area contributed by atoms with E-state index in [0.717, 1.165) is 5.56 Å². The van der Waals surface area contributed by atoms with Crippen LogP contribution in [-0.4, -0.2) is 21.0 Å². The molecule has 1 heterocycles. The van der Waals surface area contributed by atoms with E-state index in [4.69, 9.17) is 0 Å². The highest BCUT2D eigenvalue weighted by Crippen LogP contribution is 2.20. The van der Waals surface area contributed by atoms with Gasteiger partial charge in [0.1, 0.15) is 0 Å². The number of aromatic amines is 1. The zero-order chi connectivity index (χ0) is 14.5. The van der Waals surface area contributed by atoms with Crippen LogP contribution < -0.4 is 5.32 Å². The van der Waals surface area contributed by atoms with Gasteiger partial charge in [-0.1, -0.05) is 12.1 Å². The molecule has 0 saturated heterocycles. The predicted octanol–water partition coefficient (Wildman–Crippen LogP) is 1.74. The van der Waals surface area contributed by atoms with E-state index in [0.29, 0.717) is 12.1 Å². The minimum Gasteiger partial charge on any atom is -0.351 e. The first kappa shape index (κ1) is 13.7. The van der Waals surface area contributed by atoms with Crippen molar-refractivity contribution < 1.29 is 9.72 Å². The summed E-state index contributed by atoms with van der Waals surface area (Å²) in [6, 6.07) is 6.10. The normalized spacial score (nSPS) is 11.8. The second kappa shape index (κ2) is 5.96. The number of amides is 1. The number of rotatable bonds is 5. The van der Waals surface area contributed by atoms with Gasteiger partial charge in [-0.2, -0.15) is 5.10 Å². The predicted molar refractivity (Wildman–Crippen MR) is 71.9 cm³/mol. The van der Waals surface area contributed by atoms with E-state index in [1.165, 1.54) is 12.1 Å². The number of nitro groups is 1. The van der Waals surface area contributed by atoms with Crippen molar-refractivity contribution in [3.8, 4) is 0 Å². The van der Waals surface area contributed by atoms with Crippen LogP contribution in [0.15, 0.2) is 36.7 Å². The lowest BCUT2D eigenvalue weighted by Gasteiger charge is -2.11. The summed E-state index contributed by atoms with van der Waals surface area (Å²) in [6.07, 6.45) is 3.32. The molecule has 1 aromatic carbocycles. The number of hydrogen-bond acceptors (Lipinski definition) is 4. The number of nitrogens with zero attached hydrogens (tertiary/aromatic N) is 2. The third kappa shape index (κ3) is 3.19. The molecule has 2 aromatic rings. The molecule has 20 heavy (non-hydrogen) atoms. The fourth-order valence-electron chi connectivity index (χ4n) is 1.78. The second-order valence-electron chi connectivity index (χ2n) is 4.40. The van der Waals surface area contributed by atoms with Crippen molar-refractivity contribution in [2.75, 3.05) is 0 Å². The molecule has 7 heteroatoms. The van der Waals surface area contributed by atoms with Gasteiger partial charge in [-0.05, 0) is 12.5 Å². The summed E-state index contributed by atoms with van der Waals surface area (Å²) in [7, 11) is 0. The van der Waals surface area contributed by atoms with E-state index in [1.54, 1.807) is 31.5 Å². The van der Waals surface area contributed by atoms with E-state index in [-0.39, 0.29) is 11.6 Å². The van der Waals surface area contributed by atoms with Gasteiger partial charge in [0, 0.05) is 30.4 Å². The Kier molecular flexibility index (Phi) is 4.09. The molecule has 0 fully saturated rings. The molecular formula is C13H14N4O3. The number of carbonyl (C=O) groups excluding carboxylic acids is 1. The van der Waals surface area contributed by atoms with Crippen molar-refractivity contribution in [3.05, 3.63) is 57.9 Å². The smallest absolute Gasteiger partial charge is 0.269 e. The molecule has 1 amide bonds. The van der Waals surface area contributed by atoms with Gasteiger partial charge in [0.25, 0.3) is 5.69 Å². The average Bonchev–Trinajstić information content (AvgIpc) is 2.97. The zero-order valence-electron chi connectivity index (χ0n) is 10.9. The Morgan fingerprint density at radius 3 is 3.00 bits per heavy atom. The Morgan fingerprint density at radius 2 is 2.35 bits per heavy atom. The molecule has 0 radical (unpaired) electrons. The molecule has 0 aliphatic carbocycles. The second-order valence-corrected chi connectivity index (χ2v) is 4.40. The van der Waals surface area contributed by atoms with Crippen LogP contribution in [0.5, 0.6) is 0 Å². The molecule has 0 spiro atoms. The summed E-state index contributed by atoms with van der Waals surface area (Å²) in [5.41, 5.74) is 1.46. The highest BCUT2D eigenvalue weighted by molar-refractivity contribution is 5.83. The van der Waals surface area contributed by atoms with Gasteiger partial charge in [-0.15, -0.1) is 0 Å². The lowest BCUT2D eigenvalue weighted by molar-refractivity contribution is -0.384. The number of nitrogens with one attached hydrogen (secondary N) is 2. The molecule has 0 saturated carbocycles. The van der Waals surface area contributed by atoms with E-state index in [2.05, 4.69) is 15.5 Å². The Hall–Kier alpha value is -2.70. The van der Waals surface area contributed by atoms with Crippen LogP contribution in [-0.2, 0) is 11.3 Å². The van der Waals surface area contributed by atoms with Gasteiger partial charge in [0.15, 0.2) is 0 Å². The van der Waals surface area contributed by atoms with Crippen LogP contribution in [0.1, 0.15) is 24.0 Å². The van der Waals surface area contributed by atoms with Gasteiger partial charge in [0.2, 0.25) is 5.91 Å². The molecule has 0 aliphatic rings. The minimum atomic E-state index is -0.473.